The highest BCUT2D eigenvalue weighted by molar-refractivity contribution is 5.94. The molecule has 0 unspecified atom stereocenters. The number of carbonyl (C=O) groups excluding carboxylic acids is 2. The van der Waals surface area contributed by atoms with Crippen molar-refractivity contribution in [1.82, 2.24) is 10.6 Å². The van der Waals surface area contributed by atoms with Crippen LogP contribution in [-0.4, -0.2) is 38.6 Å². The molecule has 7 heteroatoms. The second-order valence-electron chi connectivity index (χ2n) is 5.74. The summed E-state index contributed by atoms with van der Waals surface area (Å²) in [5, 5.41) is 5.50. The van der Waals surface area contributed by atoms with E-state index in [-0.39, 0.29) is 17.6 Å². The standard InChI is InChI=1S/C20H23FN2O4/c1-26-17-8-4-15(5-9-17)20(25)23-12-2-3-19(24)22-13-14-27-18-10-6-16(21)7-11-18/h4-11H,2-3,12-14H2,1H3,(H,22,24)(H,23,25). The van der Waals surface area contributed by atoms with E-state index < -0.39 is 0 Å². The van der Waals surface area contributed by atoms with E-state index in [1.165, 1.54) is 24.3 Å². The van der Waals surface area contributed by atoms with Crippen LogP contribution in [0.25, 0.3) is 0 Å². The smallest absolute Gasteiger partial charge is 0.251 e. The first-order valence-corrected chi connectivity index (χ1v) is 8.66. The van der Waals surface area contributed by atoms with Crippen LogP contribution in [0, 0.1) is 5.82 Å². The van der Waals surface area contributed by atoms with Crippen molar-refractivity contribution in [3.8, 4) is 11.5 Å². The number of carbonyl (C=O) groups is 2. The zero-order valence-corrected chi connectivity index (χ0v) is 15.2. The van der Waals surface area contributed by atoms with Gasteiger partial charge in [0.1, 0.15) is 23.9 Å². The van der Waals surface area contributed by atoms with Crippen molar-refractivity contribution in [2.45, 2.75) is 12.8 Å². The fourth-order valence-corrected chi connectivity index (χ4v) is 2.27. The molecule has 2 aromatic rings. The minimum atomic E-state index is -0.324. The third kappa shape index (κ3) is 7.35. The molecule has 0 saturated heterocycles. The van der Waals surface area contributed by atoms with E-state index in [9.17, 15) is 14.0 Å². The first-order valence-electron chi connectivity index (χ1n) is 8.66. The van der Waals surface area contributed by atoms with Crippen molar-refractivity contribution in [3.05, 3.63) is 59.9 Å². The Hall–Kier alpha value is -3.09. The summed E-state index contributed by atoms with van der Waals surface area (Å²) in [5.41, 5.74) is 0.540. The Morgan fingerprint density at radius 1 is 0.926 bits per heavy atom. The van der Waals surface area contributed by atoms with Gasteiger partial charge in [-0.2, -0.15) is 0 Å². The van der Waals surface area contributed by atoms with Crippen LogP contribution in [0.2, 0.25) is 0 Å². The number of methoxy groups -OCH3 is 1. The maximum absolute atomic E-state index is 12.8. The maximum atomic E-state index is 12.8. The van der Waals surface area contributed by atoms with E-state index in [1.54, 1.807) is 31.4 Å². The van der Waals surface area contributed by atoms with Crippen LogP contribution in [0.15, 0.2) is 48.5 Å². The van der Waals surface area contributed by atoms with E-state index in [2.05, 4.69) is 10.6 Å². The van der Waals surface area contributed by atoms with Gasteiger partial charge < -0.3 is 20.1 Å². The molecule has 0 aromatic heterocycles. The van der Waals surface area contributed by atoms with Gasteiger partial charge in [0.15, 0.2) is 0 Å². The lowest BCUT2D eigenvalue weighted by Crippen LogP contribution is -2.29. The van der Waals surface area contributed by atoms with Gasteiger partial charge in [0.2, 0.25) is 5.91 Å². The number of hydrogen-bond acceptors (Lipinski definition) is 4. The molecule has 0 bridgehead atoms. The molecule has 0 radical (unpaired) electrons. The zero-order chi connectivity index (χ0) is 19.5. The molecule has 0 atom stereocenters. The van der Waals surface area contributed by atoms with Gasteiger partial charge in [-0.05, 0) is 55.0 Å². The fraction of sp³-hybridized carbons (Fsp3) is 0.300. The van der Waals surface area contributed by atoms with E-state index in [4.69, 9.17) is 9.47 Å². The molecule has 6 nitrogen and oxygen atoms in total. The van der Waals surface area contributed by atoms with Crippen molar-refractivity contribution in [3.63, 3.8) is 0 Å². The van der Waals surface area contributed by atoms with Crippen LogP contribution in [0.3, 0.4) is 0 Å². The quantitative estimate of drug-likeness (QED) is 0.627. The van der Waals surface area contributed by atoms with Crippen molar-refractivity contribution in [2.75, 3.05) is 26.8 Å². The Balaban J connectivity index is 1.54. The number of amides is 2. The largest absolute Gasteiger partial charge is 0.497 e. The Morgan fingerprint density at radius 3 is 2.26 bits per heavy atom. The molecule has 0 fully saturated rings. The van der Waals surface area contributed by atoms with Gasteiger partial charge in [-0.15, -0.1) is 0 Å². The zero-order valence-electron chi connectivity index (χ0n) is 15.2. The molecule has 2 rings (SSSR count). The van der Waals surface area contributed by atoms with Crippen molar-refractivity contribution in [2.24, 2.45) is 0 Å². The van der Waals surface area contributed by atoms with Gasteiger partial charge in [0.25, 0.3) is 5.91 Å². The summed E-state index contributed by atoms with van der Waals surface area (Å²) in [6.07, 6.45) is 0.839. The number of halogens is 1. The number of hydrogen-bond donors (Lipinski definition) is 2. The molecule has 0 spiro atoms. The molecule has 0 saturated carbocycles. The van der Waals surface area contributed by atoms with Crippen LogP contribution in [0.4, 0.5) is 4.39 Å². The average molecular weight is 374 g/mol. The summed E-state index contributed by atoms with van der Waals surface area (Å²) in [4.78, 5) is 23.7. The minimum Gasteiger partial charge on any atom is -0.497 e. The number of nitrogens with one attached hydrogen (secondary N) is 2. The maximum Gasteiger partial charge on any atom is 0.251 e. The molecule has 2 amide bonds. The van der Waals surface area contributed by atoms with E-state index >= 15 is 0 Å². The second-order valence-corrected chi connectivity index (χ2v) is 5.74. The molecule has 144 valence electrons. The summed E-state index contributed by atoms with van der Waals surface area (Å²) in [6, 6.07) is 12.5. The Labute approximate surface area is 157 Å². The summed E-state index contributed by atoms with van der Waals surface area (Å²) in [7, 11) is 1.56. The third-order valence-corrected chi connectivity index (χ3v) is 3.72. The third-order valence-electron chi connectivity index (χ3n) is 3.72. The molecule has 0 aliphatic carbocycles. The van der Waals surface area contributed by atoms with Gasteiger partial charge in [-0.25, -0.2) is 4.39 Å². The predicted octanol–water partition coefficient (Wildman–Crippen LogP) is 2.54. The summed E-state index contributed by atoms with van der Waals surface area (Å²) >= 11 is 0. The monoisotopic (exact) mass is 374 g/mol. The summed E-state index contributed by atoms with van der Waals surface area (Å²) < 4.78 is 23.2. The number of rotatable bonds is 10. The van der Waals surface area contributed by atoms with Crippen LogP contribution < -0.4 is 20.1 Å². The van der Waals surface area contributed by atoms with Crippen molar-refractivity contribution in [1.29, 1.82) is 0 Å². The molecule has 2 aromatic carbocycles. The van der Waals surface area contributed by atoms with Crippen molar-refractivity contribution < 1.29 is 23.5 Å². The fourth-order valence-electron chi connectivity index (χ4n) is 2.27. The average Bonchev–Trinajstić information content (AvgIpc) is 2.70. The topological polar surface area (TPSA) is 76.7 Å². The first-order chi connectivity index (χ1) is 13.1. The summed E-state index contributed by atoms with van der Waals surface area (Å²) in [5.74, 6) is 0.607. The molecule has 0 aliphatic rings. The van der Waals surface area contributed by atoms with Gasteiger partial charge >= 0.3 is 0 Å². The van der Waals surface area contributed by atoms with Crippen LogP contribution in [0.1, 0.15) is 23.2 Å². The normalized spacial score (nSPS) is 10.1. The highest BCUT2D eigenvalue weighted by Gasteiger charge is 2.06. The van der Waals surface area contributed by atoms with E-state index in [0.29, 0.717) is 49.6 Å². The van der Waals surface area contributed by atoms with E-state index in [1.807, 2.05) is 0 Å². The van der Waals surface area contributed by atoms with Gasteiger partial charge in [-0.3, -0.25) is 9.59 Å². The highest BCUT2D eigenvalue weighted by atomic mass is 19.1. The van der Waals surface area contributed by atoms with Crippen LogP contribution in [0.5, 0.6) is 11.5 Å². The lowest BCUT2D eigenvalue weighted by Gasteiger charge is -2.08. The van der Waals surface area contributed by atoms with Crippen molar-refractivity contribution >= 4 is 11.8 Å². The predicted molar refractivity (Wildman–Crippen MR) is 99.5 cm³/mol. The lowest BCUT2D eigenvalue weighted by atomic mass is 10.2. The lowest BCUT2D eigenvalue weighted by molar-refractivity contribution is -0.121. The molecule has 0 aliphatic heterocycles. The van der Waals surface area contributed by atoms with Gasteiger partial charge in [-0.1, -0.05) is 0 Å². The first kappa shape index (κ1) is 20.2. The van der Waals surface area contributed by atoms with Crippen LogP contribution in [-0.2, 0) is 4.79 Å². The van der Waals surface area contributed by atoms with E-state index in [0.717, 1.165) is 0 Å². The highest BCUT2D eigenvalue weighted by Crippen LogP contribution is 2.11. The Morgan fingerprint density at radius 2 is 1.59 bits per heavy atom. The van der Waals surface area contributed by atoms with Gasteiger partial charge in [0, 0.05) is 18.5 Å². The Bertz CT molecular complexity index is 733. The Kier molecular flexibility index (Phi) is 8.09. The minimum absolute atomic E-state index is 0.114. The number of ether oxygens (including phenoxy) is 2. The van der Waals surface area contributed by atoms with Crippen LogP contribution >= 0.6 is 0 Å². The second kappa shape index (κ2) is 10.8. The SMILES string of the molecule is COc1ccc(C(=O)NCCCC(=O)NCCOc2ccc(F)cc2)cc1. The molecular formula is C20H23FN2O4. The molecular weight excluding hydrogens is 351 g/mol. The molecule has 2 N–H and O–H groups in total. The molecule has 27 heavy (non-hydrogen) atoms. The summed E-state index contributed by atoms with van der Waals surface area (Å²) in [6.45, 7) is 1.06. The number of benzene rings is 2. The molecule has 0 heterocycles. The van der Waals surface area contributed by atoms with Gasteiger partial charge in [0.05, 0.1) is 13.7 Å².